The van der Waals surface area contributed by atoms with E-state index in [1.165, 1.54) is 12.8 Å². The van der Waals surface area contributed by atoms with Crippen LogP contribution < -0.4 is 11.1 Å². The third-order valence-corrected chi connectivity index (χ3v) is 3.77. The normalized spacial score (nSPS) is 18.6. The van der Waals surface area contributed by atoms with Crippen molar-refractivity contribution in [2.75, 3.05) is 20.6 Å². The third kappa shape index (κ3) is 2.40. The highest BCUT2D eigenvalue weighted by Crippen LogP contribution is 2.29. The van der Waals surface area contributed by atoms with E-state index in [1.807, 2.05) is 30.3 Å². The molecule has 1 saturated carbocycles. The molecule has 1 unspecified atom stereocenters. The molecule has 0 spiro atoms. The lowest BCUT2D eigenvalue weighted by Crippen LogP contribution is -2.57. The van der Waals surface area contributed by atoms with Crippen molar-refractivity contribution in [1.82, 2.24) is 10.2 Å². The van der Waals surface area contributed by atoms with Crippen molar-refractivity contribution in [1.29, 1.82) is 0 Å². The van der Waals surface area contributed by atoms with Gasteiger partial charge >= 0.3 is 0 Å². The fraction of sp³-hybridized carbons (Fsp3) is 0.500. The fourth-order valence-electron chi connectivity index (χ4n) is 2.40. The molecule has 0 aliphatic heterocycles. The molecule has 4 nitrogen and oxygen atoms in total. The average Bonchev–Trinajstić information content (AvgIpc) is 3.20. The number of rotatable bonds is 6. The molecule has 2 rings (SSSR count). The summed E-state index contributed by atoms with van der Waals surface area (Å²) >= 11 is 0. The molecule has 1 aliphatic rings. The second kappa shape index (κ2) is 5.08. The number of nitrogens with two attached hydrogens (primary N) is 1. The average molecular weight is 247 g/mol. The number of primary amides is 1. The zero-order valence-corrected chi connectivity index (χ0v) is 11.0. The van der Waals surface area contributed by atoms with E-state index >= 15 is 0 Å². The molecule has 0 bridgehead atoms. The van der Waals surface area contributed by atoms with E-state index in [0.717, 1.165) is 5.56 Å². The molecule has 1 amide bonds. The Bertz CT molecular complexity index is 416. The molecule has 1 aromatic rings. The van der Waals surface area contributed by atoms with Gasteiger partial charge in [0.1, 0.15) is 5.54 Å². The van der Waals surface area contributed by atoms with Crippen LogP contribution in [0.15, 0.2) is 30.3 Å². The van der Waals surface area contributed by atoms with E-state index in [2.05, 4.69) is 17.3 Å². The zero-order chi connectivity index (χ0) is 13.2. The van der Waals surface area contributed by atoms with E-state index < -0.39 is 5.54 Å². The maximum atomic E-state index is 12.0. The molecule has 3 N–H and O–H groups in total. The molecule has 18 heavy (non-hydrogen) atoms. The van der Waals surface area contributed by atoms with Crippen molar-refractivity contribution in [2.24, 2.45) is 5.73 Å². The number of carbonyl (C=O) groups excluding carboxylic acids is 1. The lowest BCUT2D eigenvalue weighted by Gasteiger charge is -2.34. The van der Waals surface area contributed by atoms with Crippen molar-refractivity contribution >= 4 is 5.91 Å². The van der Waals surface area contributed by atoms with Crippen LogP contribution in [0.5, 0.6) is 0 Å². The fourth-order valence-corrected chi connectivity index (χ4v) is 2.40. The van der Waals surface area contributed by atoms with E-state index in [4.69, 9.17) is 5.73 Å². The second-order valence-electron chi connectivity index (χ2n) is 5.03. The lowest BCUT2D eigenvalue weighted by atomic mass is 9.88. The molecule has 0 heterocycles. The molecule has 0 aromatic heterocycles. The Hall–Kier alpha value is -1.39. The van der Waals surface area contributed by atoms with Crippen molar-refractivity contribution in [3.63, 3.8) is 0 Å². The van der Waals surface area contributed by atoms with Crippen molar-refractivity contribution in [2.45, 2.75) is 24.4 Å². The Morgan fingerprint density at radius 2 is 2.06 bits per heavy atom. The van der Waals surface area contributed by atoms with Crippen LogP contribution in [0.1, 0.15) is 18.4 Å². The van der Waals surface area contributed by atoms with Crippen LogP contribution in [0.3, 0.4) is 0 Å². The van der Waals surface area contributed by atoms with Gasteiger partial charge in [-0.2, -0.15) is 0 Å². The minimum absolute atomic E-state index is 0.330. The maximum Gasteiger partial charge on any atom is 0.243 e. The third-order valence-electron chi connectivity index (χ3n) is 3.77. The summed E-state index contributed by atoms with van der Waals surface area (Å²) in [6.45, 7) is 0.605. The zero-order valence-electron chi connectivity index (χ0n) is 11.0. The topological polar surface area (TPSA) is 58.4 Å². The molecule has 4 heteroatoms. The molecular weight excluding hydrogens is 226 g/mol. The van der Waals surface area contributed by atoms with Gasteiger partial charge in [-0.15, -0.1) is 0 Å². The van der Waals surface area contributed by atoms with Gasteiger partial charge in [0, 0.05) is 12.6 Å². The Morgan fingerprint density at radius 1 is 1.44 bits per heavy atom. The van der Waals surface area contributed by atoms with Gasteiger partial charge in [0.2, 0.25) is 5.91 Å². The van der Waals surface area contributed by atoms with E-state index in [0.29, 0.717) is 12.6 Å². The smallest absolute Gasteiger partial charge is 0.243 e. The highest BCUT2D eigenvalue weighted by molar-refractivity contribution is 5.86. The summed E-state index contributed by atoms with van der Waals surface area (Å²) in [4.78, 5) is 14.2. The highest BCUT2D eigenvalue weighted by atomic mass is 16.1. The first kappa shape index (κ1) is 13.1. The standard InChI is InChI=1S/C14H21N3O/c1-16-14(13(15)18,10-17(2)12-8-9-12)11-6-4-3-5-7-11/h3-7,12,16H,8-10H2,1-2H3,(H2,15,18). The van der Waals surface area contributed by atoms with Gasteiger partial charge in [-0.1, -0.05) is 30.3 Å². The van der Waals surface area contributed by atoms with E-state index in [9.17, 15) is 4.79 Å². The van der Waals surface area contributed by atoms with Gasteiger partial charge < -0.3 is 16.0 Å². The van der Waals surface area contributed by atoms with Crippen LogP contribution in [-0.2, 0) is 10.3 Å². The molecule has 98 valence electrons. The van der Waals surface area contributed by atoms with Gasteiger partial charge in [0.05, 0.1) is 0 Å². The maximum absolute atomic E-state index is 12.0. The summed E-state index contributed by atoms with van der Waals surface area (Å²) < 4.78 is 0. The number of hydrogen-bond acceptors (Lipinski definition) is 3. The van der Waals surface area contributed by atoms with Gasteiger partial charge in [-0.3, -0.25) is 4.79 Å². The first-order valence-corrected chi connectivity index (χ1v) is 6.35. The van der Waals surface area contributed by atoms with Crippen molar-refractivity contribution < 1.29 is 4.79 Å². The van der Waals surface area contributed by atoms with Crippen LogP contribution in [0.4, 0.5) is 0 Å². The molecule has 1 atom stereocenters. The number of nitrogens with zero attached hydrogens (tertiary/aromatic N) is 1. The summed E-state index contributed by atoms with van der Waals surface area (Å²) in [5.41, 5.74) is 5.77. The van der Waals surface area contributed by atoms with Gasteiger partial charge in [0.15, 0.2) is 0 Å². The lowest BCUT2D eigenvalue weighted by molar-refractivity contribution is -0.125. The summed E-state index contributed by atoms with van der Waals surface area (Å²) in [6.07, 6.45) is 2.42. The first-order chi connectivity index (χ1) is 8.60. The van der Waals surface area contributed by atoms with Crippen LogP contribution in [0, 0.1) is 0 Å². The molecule has 1 aromatic carbocycles. The monoisotopic (exact) mass is 247 g/mol. The summed E-state index contributed by atoms with van der Waals surface area (Å²) in [6, 6.07) is 10.3. The van der Waals surface area contributed by atoms with Gasteiger partial charge in [-0.25, -0.2) is 0 Å². The summed E-state index contributed by atoms with van der Waals surface area (Å²) in [5.74, 6) is -0.330. The van der Waals surface area contributed by atoms with Crippen molar-refractivity contribution in [3.8, 4) is 0 Å². The Labute approximate surface area is 108 Å². The van der Waals surface area contributed by atoms with Gasteiger partial charge in [-0.05, 0) is 32.5 Å². The van der Waals surface area contributed by atoms with Crippen LogP contribution in [0.25, 0.3) is 0 Å². The second-order valence-corrected chi connectivity index (χ2v) is 5.03. The SMILES string of the molecule is CNC(CN(C)C1CC1)(C(N)=O)c1ccccc1. The summed E-state index contributed by atoms with van der Waals surface area (Å²) in [5, 5.41) is 3.13. The number of amides is 1. The van der Waals surface area contributed by atoms with Crippen LogP contribution >= 0.6 is 0 Å². The molecule has 1 aliphatic carbocycles. The number of nitrogens with one attached hydrogen (secondary N) is 1. The molecular formula is C14H21N3O. The predicted octanol–water partition coefficient (Wildman–Crippen LogP) is 0.681. The van der Waals surface area contributed by atoms with Crippen LogP contribution in [0.2, 0.25) is 0 Å². The highest BCUT2D eigenvalue weighted by Gasteiger charge is 2.40. The minimum atomic E-state index is -0.807. The van der Waals surface area contributed by atoms with E-state index in [1.54, 1.807) is 7.05 Å². The number of carbonyl (C=O) groups is 1. The largest absolute Gasteiger partial charge is 0.368 e. The molecule has 0 radical (unpaired) electrons. The molecule has 1 fully saturated rings. The van der Waals surface area contributed by atoms with Crippen LogP contribution in [-0.4, -0.2) is 37.5 Å². The first-order valence-electron chi connectivity index (χ1n) is 6.35. The Balaban J connectivity index is 2.30. The van der Waals surface area contributed by atoms with Crippen molar-refractivity contribution in [3.05, 3.63) is 35.9 Å². The minimum Gasteiger partial charge on any atom is -0.368 e. The van der Waals surface area contributed by atoms with E-state index in [-0.39, 0.29) is 5.91 Å². The Morgan fingerprint density at radius 3 is 2.50 bits per heavy atom. The number of benzene rings is 1. The Kier molecular flexibility index (Phi) is 3.68. The quantitative estimate of drug-likeness (QED) is 0.777. The molecule has 0 saturated heterocycles. The number of hydrogen-bond donors (Lipinski definition) is 2. The summed E-state index contributed by atoms with van der Waals surface area (Å²) in [7, 11) is 3.84. The number of likely N-dealkylation sites (N-methyl/N-ethyl adjacent to an activating group) is 2. The van der Waals surface area contributed by atoms with Gasteiger partial charge in [0.25, 0.3) is 0 Å². The predicted molar refractivity (Wildman–Crippen MR) is 72.0 cm³/mol.